The predicted octanol–water partition coefficient (Wildman–Crippen LogP) is 2.61. The Morgan fingerprint density at radius 2 is 1.84 bits per heavy atom. The van der Waals surface area contributed by atoms with E-state index in [1.54, 1.807) is 6.07 Å². The first-order chi connectivity index (χ1) is 11.9. The highest BCUT2D eigenvalue weighted by Gasteiger charge is 2.33. The number of halogens is 3. The molecular weight excluding hydrogens is 335 g/mol. The zero-order valence-corrected chi connectivity index (χ0v) is 13.9. The SMILES string of the molecule is O=C(NC1CCOCC1)C1CCN(c2cccc(C(F)(F)F)n2)CC1. The average molecular weight is 357 g/mol. The molecule has 25 heavy (non-hydrogen) atoms. The van der Waals surface area contributed by atoms with Gasteiger partial charge in [0.05, 0.1) is 0 Å². The molecule has 1 N–H and O–H groups in total. The summed E-state index contributed by atoms with van der Waals surface area (Å²) in [5.74, 6) is 0.270. The van der Waals surface area contributed by atoms with Crippen LogP contribution in [0.15, 0.2) is 18.2 Å². The van der Waals surface area contributed by atoms with Gasteiger partial charge in [-0.15, -0.1) is 0 Å². The molecule has 2 fully saturated rings. The first-order valence-electron chi connectivity index (χ1n) is 8.61. The third-order valence-electron chi connectivity index (χ3n) is 4.78. The monoisotopic (exact) mass is 357 g/mol. The highest BCUT2D eigenvalue weighted by molar-refractivity contribution is 5.79. The molecule has 2 saturated heterocycles. The van der Waals surface area contributed by atoms with Gasteiger partial charge in [0, 0.05) is 38.3 Å². The van der Waals surface area contributed by atoms with Crippen LogP contribution in [0.4, 0.5) is 19.0 Å². The molecule has 0 radical (unpaired) electrons. The van der Waals surface area contributed by atoms with Crippen LogP contribution in [0.1, 0.15) is 31.4 Å². The zero-order chi connectivity index (χ0) is 17.9. The van der Waals surface area contributed by atoms with Crippen LogP contribution in [0.2, 0.25) is 0 Å². The molecule has 0 spiro atoms. The Labute approximate surface area is 144 Å². The fourth-order valence-corrected chi connectivity index (χ4v) is 3.29. The molecule has 1 aromatic heterocycles. The van der Waals surface area contributed by atoms with Crippen molar-refractivity contribution in [2.24, 2.45) is 5.92 Å². The van der Waals surface area contributed by atoms with Gasteiger partial charge in [0.2, 0.25) is 5.91 Å². The summed E-state index contributed by atoms with van der Waals surface area (Å²) in [5.41, 5.74) is -0.885. The van der Waals surface area contributed by atoms with Gasteiger partial charge in [-0.3, -0.25) is 4.79 Å². The van der Waals surface area contributed by atoms with Gasteiger partial charge in [0.15, 0.2) is 0 Å². The van der Waals surface area contributed by atoms with E-state index in [1.165, 1.54) is 6.07 Å². The van der Waals surface area contributed by atoms with E-state index in [-0.39, 0.29) is 17.9 Å². The lowest BCUT2D eigenvalue weighted by Crippen LogP contribution is -2.45. The third kappa shape index (κ3) is 4.62. The molecular formula is C17H22F3N3O2. The Bertz CT molecular complexity index is 595. The van der Waals surface area contributed by atoms with E-state index < -0.39 is 11.9 Å². The molecule has 0 aliphatic carbocycles. The van der Waals surface area contributed by atoms with Crippen molar-refractivity contribution in [2.45, 2.75) is 37.9 Å². The summed E-state index contributed by atoms with van der Waals surface area (Å²) in [5, 5.41) is 3.07. The smallest absolute Gasteiger partial charge is 0.381 e. The molecule has 0 bridgehead atoms. The van der Waals surface area contributed by atoms with E-state index in [2.05, 4.69) is 10.3 Å². The number of piperidine rings is 1. The maximum atomic E-state index is 12.8. The average Bonchev–Trinajstić information content (AvgIpc) is 2.62. The van der Waals surface area contributed by atoms with E-state index in [4.69, 9.17) is 4.74 Å². The second-order valence-corrected chi connectivity index (χ2v) is 6.54. The summed E-state index contributed by atoms with van der Waals surface area (Å²) in [6.45, 7) is 2.40. The van der Waals surface area contributed by atoms with Crippen molar-refractivity contribution in [2.75, 3.05) is 31.2 Å². The summed E-state index contributed by atoms with van der Waals surface area (Å²) in [6, 6.07) is 4.09. The number of alkyl halides is 3. The minimum absolute atomic E-state index is 0.0450. The fourth-order valence-electron chi connectivity index (χ4n) is 3.29. The molecule has 3 heterocycles. The number of carbonyl (C=O) groups is 1. The number of nitrogens with zero attached hydrogens (tertiary/aromatic N) is 2. The van der Waals surface area contributed by atoms with Crippen LogP contribution in [0.5, 0.6) is 0 Å². The molecule has 5 nitrogen and oxygen atoms in total. The van der Waals surface area contributed by atoms with Crippen LogP contribution in [-0.2, 0) is 15.7 Å². The third-order valence-corrected chi connectivity index (χ3v) is 4.78. The van der Waals surface area contributed by atoms with Crippen molar-refractivity contribution < 1.29 is 22.7 Å². The van der Waals surface area contributed by atoms with E-state index in [0.29, 0.717) is 45.0 Å². The van der Waals surface area contributed by atoms with Gasteiger partial charge in [-0.25, -0.2) is 4.98 Å². The Morgan fingerprint density at radius 3 is 2.48 bits per heavy atom. The first kappa shape index (κ1) is 18.0. The van der Waals surface area contributed by atoms with Crippen LogP contribution in [0, 0.1) is 5.92 Å². The highest BCUT2D eigenvalue weighted by atomic mass is 19.4. The number of ether oxygens (including phenoxy) is 1. The molecule has 2 aliphatic heterocycles. The van der Waals surface area contributed by atoms with Gasteiger partial charge in [0.25, 0.3) is 0 Å². The zero-order valence-electron chi connectivity index (χ0n) is 13.9. The van der Waals surface area contributed by atoms with Crippen LogP contribution in [0.25, 0.3) is 0 Å². The molecule has 3 rings (SSSR count). The quantitative estimate of drug-likeness (QED) is 0.904. The van der Waals surface area contributed by atoms with Crippen LogP contribution in [0.3, 0.4) is 0 Å². The van der Waals surface area contributed by atoms with Crippen molar-refractivity contribution >= 4 is 11.7 Å². The van der Waals surface area contributed by atoms with Gasteiger partial charge in [-0.2, -0.15) is 13.2 Å². The Hall–Kier alpha value is -1.83. The summed E-state index contributed by atoms with van der Waals surface area (Å²) in [7, 11) is 0. The van der Waals surface area contributed by atoms with Crippen LogP contribution in [-0.4, -0.2) is 43.2 Å². The van der Waals surface area contributed by atoms with Gasteiger partial charge in [-0.1, -0.05) is 6.07 Å². The maximum absolute atomic E-state index is 12.8. The van der Waals surface area contributed by atoms with Crippen molar-refractivity contribution in [3.05, 3.63) is 23.9 Å². The van der Waals surface area contributed by atoms with Gasteiger partial charge in [0.1, 0.15) is 11.5 Å². The molecule has 0 aromatic carbocycles. The number of carbonyl (C=O) groups excluding carboxylic acids is 1. The van der Waals surface area contributed by atoms with E-state index >= 15 is 0 Å². The lowest BCUT2D eigenvalue weighted by atomic mass is 9.95. The number of hydrogen-bond donors (Lipinski definition) is 1. The van der Waals surface area contributed by atoms with Crippen molar-refractivity contribution in [1.29, 1.82) is 0 Å². The van der Waals surface area contributed by atoms with Crippen LogP contribution < -0.4 is 10.2 Å². The maximum Gasteiger partial charge on any atom is 0.433 e. The number of hydrogen-bond acceptors (Lipinski definition) is 4. The second kappa shape index (κ2) is 7.59. The molecule has 1 aromatic rings. The standard InChI is InChI=1S/C17H22F3N3O2/c18-17(19,20)14-2-1-3-15(22-14)23-8-4-12(5-9-23)16(24)21-13-6-10-25-11-7-13/h1-3,12-13H,4-11H2,(H,21,24). The number of pyridine rings is 1. The Morgan fingerprint density at radius 1 is 1.16 bits per heavy atom. The molecule has 0 atom stereocenters. The lowest BCUT2D eigenvalue weighted by Gasteiger charge is -2.33. The van der Waals surface area contributed by atoms with E-state index in [9.17, 15) is 18.0 Å². The summed E-state index contributed by atoms with van der Waals surface area (Å²) in [4.78, 5) is 17.9. The fraction of sp³-hybridized carbons (Fsp3) is 0.647. The lowest BCUT2D eigenvalue weighted by molar-refractivity contribution is -0.141. The molecule has 138 valence electrons. The Kier molecular flexibility index (Phi) is 5.46. The van der Waals surface area contributed by atoms with Crippen LogP contribution >= 0.6 is 0 Å². The number of rotatable bonds is 3. The molecule has 2 aliphatic rings. The van der Waals surface area contributed by atoms with Gasteiger partial charge < -0.3 is 15.0 Å². The van der Waals surface area contributed by atoms with Crippen molar-refractivity contribution in [1.82, 2.24) is 10.3 Å². The largest absolute Gasteiger partial charge is 0.433 e. The second-order valence-electron chi connectivity index (χ2n) is 6.54. The molecule has 0 saturated carbocycles. The predicted molar refractivity (Wildman–Crippen MR) is 86.2 cm³/mol. The normalized spacial score (nSPS) is 20.5. The topological polar surface area (TPSA) is 54.5 Å². The van der Waals surface area contributed by atoms with E-state index in [1.807, 2.05) is 4.90 Å². The first-order valence-corrected chi connectivity index (χ1v) is 8.61. The number of nitrogens with one attached hydrogen (secondary N) is 1. The highest BCUT2D eigenvalue weighted by Crippen LogP contribution is 2.30. The summed E-state index contributed by atoms with van der Waals surface area (Å²) >= 11 is 0. The van der Waals surface area contributed by atoms with Gasteiger partial charge >= 0.3 is 6.18 Å². The Balaban J connectivity index is 1.54. The van der Waals surface area contributed by atoms with Gasteiger partial charge in [-0.05, 0) is 37.8 Å². The summed E-state index contributed by atoms with van der Waals surface area (Å²) in [6.07, 6.45) is -1.55. The summed E-state index contributed by atoms with van der Waals surface area (Å²) < 4.78 is 43.6. The van der Waals surface area contributed by atoms with Crippen molar-refractivity contribution in [3.8, 4) is 0 Å². The number of anilines is 1. The minimum Gasteiger partial charge on any atom is -0.381 e. The number of aromatic nitrogens is 1. The minimum atomic E-state index is -4.45. The molecule has 1 amide bonds. The number of amides is 1. The molecule has 0 unspecified atom stereocenters. The van der Waals surface area contributed by atoms with Crippen molar-refractivity contribution in [3.63, 3.8) is 0 Å². The molecule has 8 heteroatoms. The van der Waals surface area contributed by atoms with E-state index in [0.717, 1.165) is 18.9 Å².